The molecule has 0 bridgehead atoms. The van der Waals surface area contributed by atoms with Crippen LogP contribution >= 0.6 is 11.3 Å². The van der Waals surface area contributed by atoms with Crippen molar-refractivity contribution in [2.24, 2.45) is 4.99 Å². The van der Waals surface area contributed by atoms with Crippen molar-refractivity contribution >= 4 is 27.3 Å². The van der Waals surface area contributed by atoms with E-state index >= 15 is 0 Å². The summed E-state index contributed by atoms with van der Waals surface area (Å²) in [6, 6.07) is 0.229. The Hall–Kier alpha value is -1.19. The maximum Gasteiger partial charge on any atom is 0.213 e. The normalized spacial score (nSPS) is 17.9. The van der Waals surface area contributed by atoms with Crippen molar-refractivity contribution in [3.8, 4) is 0 Å². The molecule has 27 heavy (non-hydrogen) atoms. The van der Waals surface area contributed by atoms with E-state index < -0.39 is 10.0 Å². The number of nitrogens with zero attached hydrogens (tertiary/aromatic N) is 3. The van der Waals surface area contributed by atoms with Crippen LogP contribution in [0.2, 0.25) is 0 Å². The summed E-state index contributed by atoms with van der Waals surface area (Å²) >= 11 is 1.64. The Morgan fingerprint density at radius 3 is 2.52 bits per heavy atom. The average Bonchev–Trinajstić information content (AvgIpc) is 3.10. The highest BCUT2D eigenvalue weighted by molar-refractivity contribution is 7.89. The van der Waals surface area contributed by atoms with E-state index in [0.29, 0.717) is 19.6 Å². The maximum atomic E-state index is 12.0. The van der Waals surface area contributed by atoms with E-state index in [1.54, 1.807) is 22.6 Å². The summed E-state index contributed by atoms with van der Waals surface area (Å²) in [5.41, 5.74) is 1.15. The van der Waals surface area contributed by atoms with E-state index in [-0.39, 0.29) is 17.2 Å². The summed E-state index contributed by atoms with van der Waals surface area (Å²) in [4.78, 5) is 9.36. The van der Waals surface area contributed by atoms with Gasteiger partial charge >= 0.3 is 0 Å². The number of hydrogen-bond donors (Lipinski definition) is 2. The van der Waals surface area contributed by atoms with E-state index in [2.05, 4.69) is 46.8 Å². The summed E-state index contributed by atoms with van der Waals surface area (Å²) in [6.45, 7) is 12.7. The molecule has 2 rings (SSSR count). The molecule has 0 aliphatic carbocycles. The third kappa shape index (κ3) is 6.43. The molecule has 154 valence electrons. The van der Waals surface area contributed by atoms with E-state index in [9.17, 15) is 8.42 Å². The zero-order valence-corrected chi connectivity index (χ0v) is 18.7. The van der Waals surface area contributed by atoms with E-state index in [0.717, 1.165) is 36.0 Å². The minimum atomic E-state index is -3.09. The lowest BCUT2D eigenvalue weighted by atomic mass is 9.93. The molecule has 0 aromatic carbocycles. The van der Waals surface area contributed by atoms with Crippen molar-refractivity contribution in [1.82, 2.24) is 19.9 Å². The first-order valence-corrected chi connectivity index (χ1v) is 12.1. The Kier molecular flexibility index (Phi) is 7.64. The van der Waals surface area contributed by atoms with Crippen LogP contribution in [0.4, 0.5) is 0 Å². The molecule has 1 aromatic heterocycles. The van der Waals surface area contributed by atoms with Crippen LogP contribution in [0, 0.1) is 0 Å². The minimum Gasteiger partial charge on any atom is -0.357 e. The number of hydrogen-bond acceptors (Lipinski definition) is 5. The van der Waals surface area contributed by atoms with Crippen molar-refractivity contribution in [2.75, 3.05) is 25.4 Å². The van der Waals surface area contributed by atoms with Crippen LogP contribution in [0.1, 0.15) is 58.2 Å². The predicted molar refractivity (Wildman–Crippen MR) is 113 cm³/mol. The van der Waals surface area contributed by atoms with Crippen LogP contribution in [0.3, 0.4) is 0 Å². The summed E-state index contributed by atoms with van der Waals surface area (Å²) in [5.74, 6) is 0.932. The molecule has 1 aromatic rings. The first-order chi connectivity index (χ1) is 12.7. The molecule has 2 N–H and O–H groups in total. The third-order valence-corrected chi connectivity index (χ3v) is 7.30. The predicted octanol–water partition coefficient (Wildman–Crippen LogP) is 2.31. The molecule has 1 saturated heterocycles. The second-order valence-corrected chi connectivity index (χ2v) is 11.0. The van der Waals surface area contributed by atoms with Crippen LogP contribution < -0.4 is 10.6 Å². The lowest BCUT2D eigenvalue weighted by molar-refractivity contribution is 0.306. The third-order valence-electron chi connectivity index (χ3n) is 4.59. The van der Waals surface area contributed by atoms with Crippen molar-refractivity contribution in [3.63, 3.8) is 0 Å². The number of aromatic nitrogens is 1. The van der Waals surface area contributed by atoms with Gasteiger partial charge in [-0.3, -0.25) is 0 Å². The van der Waals surface area contributed by atoms with Crippen LogP contribution in [0.25, 0.3) is 0 Å². The van der Waals surface area contributed by atoms with Gasteiger partial charge in [-0.15, -0.1) is 11.3 Å². The molecule has 0 atom stereocenters. The topological polar surface area (TPSA) is 86.7 Å². The van der Waals surface area contributed by atoms with Gasteiger partial charge in [0.1, 0.15) is 5.01 Å². The Bertz CT molecular complexity index is 729. The number of thiazole rings is 1. The molecule has 0 amide bonds. The molecule has 7 nitrogen and oxygen atoms in total. The first kappa shape index (κ1) is 22.1. The van der Waals surface area contributed by atoms with Gasteiger partial charge in [-0.2, -0.15) is 0 Å². The summed E-state index contributed by atoms with van der Waals surface area (Å²) in [6.07, 6.45) is 1.57. The number of rotatable bonds is 6. The monoisotopic (exact) mass is 415 g/mol. The largest absolute Gasteiger partial charge is 0.357 e. The van der Waals surface area contributed by atoms with Crippen molar-refractivity contribution in [1.29, 1.82) is 0 Å². The molecule has 0 unspecified atom stereocenters. The second-order valence-electron chi connectivity index (χ2n) is 7.79. The van der Waals surface area contributed by atoms with Gasteiger partial charge < -0.3 is 10.6 Å². The SMILES string of the molecule is CCNC(=NCc1nc(C(C)(C)C)cs1)NC1CCN(S(=O)(=O)CC)CC1. The Morgan fingerprint density at radius 1 is 1.33 bits per heavy atom. The molecule has 0 spiro atoms. The number of aliphatic imine (C=N–C) groups is 1. The fourth-order valence-electron chi connectivity index (χ4n) is 2.85. The van der Waals surface area contributed by atoms with Gasteiger partial charge in [0, 0.05) is 36.5 Å². The van der Waals surface area contributed by atoms with Gasteiger partial charge in [-0.25, -0.2) is 22.7 Å². The molecular weight excluding hydrogens is 382 g/mol. The summed E-state index contributed by atoms with van der Waals surface area (Å²) in [7, 11) is -3.09. The number of guanidine groups is 1. The van der Waals surface area contributed by atoms with Crippen LogP contribution in [0.5, 0.6) is 0 Å². The van der Waals surface area contributed by atoms with Crippen molar-refractivity contribution in [3.05, 3.63) is 16.1 Å². The maximum absolute atomic E-state index is 12.0. The summed E-state index contributed by atoms with van der Waals surface area (Å²) in [5, 5.41) is 9.83. The van der Waals surface area contributed by atoms with Gasteiger partial charge in [-0.05, 0) is 26.7 Å². The fourth-order valence-corrected chi connectivity index (χ4v) is 4.93. The fraction of sp³-hybridized carbons (Fsp3) is 0.778. The Morgan fingerprint density at radius 2 is 2.00 bits per heavy atom. The summed E-state index contributed by atoms with van der Waals surface area (Å²) < 4.78 is 25.6. The molecule has 0 radical (unpaired) electrons. The van der Waals surface area contributed by atoms with Crippen molar-refractivity contribution < 1.29 is 8.42 Å². The van der Waals surface area contributed by atoms with Crippen LogP contribution in [0.15, 0.2) is 10.4 Å². The highest BCUT2D eigenvalue weighted by Crippen LogP contribution is 2.24. The standard InChI is InChI=1S/C18H33N5O2S2/c1-6-19-17(20-12-16-22-15(13-26-16)18(3,4)5)21-14-8-10-23(11-9-14)27(24,25)7-2/h13-14H,6-12H2,1-5H3,(H2,19,20,21). The zero-order valence-electron chi connectivity index (χ0n) is 17.1. The number of sulfonamides is 1. The molecular formula is C18H33N5O2S2. The van der Waals surface area contributed by atoms with Gasteiger partial charge in [0.25, 0.3) is 0 Å². The van der Waals surface area contributed by atoms with Crippen LogP contribution in [-0.2, 0) is 22.0 Å². The van der Waals surface area contributed by atoms with Crippen LogP contribution in [-0.4, -0.2) is 55.1 Å². The molecule has 1 fully saturated rings. The quantitative estimate of drug-likeness (QED) is 0.550. The highest BCUT2D eigenvalue weighted by atomic mass is 32.2. The lowest BCUT2D eigenvalue weighted by Crippen LogP contribution is -2.50. The van der Waals surface area contributed by atoms with Gasteiger partial charge in [0.05, 0.1) is 18.0 Å². The molecule has 1 aliphatic heterocycles. The van der Waals surface area contributed by atoms with Crippen molar-refractivity contribution in [2.45, 2.75) is 65.5 Å². The highest BCUT2D eigenvalue weighted by Gasteiger charge is 2.27. The molecule has 2 heterocycles. The molecule has 1 aliphatic rings. The molecule has 0 saturated carbocycles. The lowest BCUT2D eigenvalue weighted by Gasteiger charge is -2.32. The zero-order chi connectivity index (χ0) is 20.1. The Balaban J connectivity index is 1.94. The average molecular weight is 416 g/mol. The first-order valence-electron chi connectivity index (χ1n) is 9.63. The number of piperidine rings is 1. The Labute approximate surface area is 167 Å². The molecule has 9 heteroatoms. The smallest absolute Gasteiger partial charge is 0.213 e. The van der Waals surface area contributed by atoms with Gasteiger partial charge in [-0.1, -0.05) is 20.8 Å². The number of nitrogens with one attached hydrogen (secondary N) is 2. The van der Waals surface area contributed by atoms with E-state index in [1.807, 2.05) is 6.92 Å². The minimum absolute atomic E-state index is 0.0496. The van der Waals surface area contributed by atoms with E-state index in [1.165, 1.54) is 0 Å². The van der Waals surface area contributed by atoms with Gasteiger partial charge in [0.15, 0.2) is 5.96 Å². The van der Waals surface area contributed by atoms with Gasteiger partial charge in [0.2, 0.25) is 10.0 Å². The van der Waals surface area contributed by atoms with E-state index in [4.69, 9.17) is 0 Å². The second kappa shape index (κ2) is 9.34.